The highest BCUT2D eigenvalue weighted by Crippen LogP contribution is 2.18. The molecular formula is C13H16N6O. The van der Waals surface area contributed by atoms with Gasteiger partial charge >= 0.3 is 0 Å². The number of H-pyrrole nitrogens is 1. The lowest BCUT2D eigenvalue weighted by Gasteiger charge is -2.14. The van der Waals surface area contributed by atoms with Crippen molar-refractivity contribution in [1.29, 1.82) is 0 Å². The maximum Gasteiger partial charge on any atom is 0.295 e. The Balaban J connectivity index is 2.46. The van der Waals surface area contributed by atoms with Gasteiger partial charge in [0, 0.05) is 5.41 Å². The highest BCUT2D eigenvalue weighted by molar-refractivity contribution is 5.85. The third-order valence-corrected chi connectivity index (χ3v) is 3.31. The van der Waals surface area contributed by atoms with Crippen LogP contribution < -0.4 is 5.56 Å². The monoisotopic (exact) mass is 272 g/mol. The van der Waals surface area contributed by atoms with Crippen molar-refractivity contribution >= 4 is 16.8 Å². The third-order valence-electron chi connectivity index (χ3n) is 3.31. The van der Waals surface area contributed by atoms with Gasteiger partial charge in [-0.05, 0) is 13.8 Å². The van der Waals surface area contributed by atoms with Crippen molar-refractivity contribution in [2.45, 2.75) is 40.0 Å². The van der Waals surface area contributed by atoms with E-state index in [-0.39, 0.29) is 11.0 Å². The quantitative estimate of drug-likeness (QED) is 0.665. The van der Waals surface area contributed by atoms with Gasteiger partial charge in [0.1, 0.15) is 5.69 Å². The summed E-state index contributed by atoms with van der Waals surface area (Å²) in [6.45, 7) is 9.54. The normalized spacial score (nSPS) is 12.4. The standard InChI is InChI=1S/C13H16N6O/c1-6-7(2)15-10-8(14-6)11-17-16-9(13(3,4)5)12(20)19(11)18-10/h1-5H3,(H,15,18). The second-order valence-electron chi connectivity index (χ2n) is 5.97. The van der Waals surface area contributed by atoms with Gasteiger partial charge in [-0.1, -0.05) is 20.8 Å². The van der Waals surface area contributed by atoms with Crippen LogP contribution in [0.5, 0.6) is 0 Å². The summed E-state index contributed by atoms with van der Waals surface area (Å²) < 4.78 is 1.37. The fourth-order valence-electron chi connectivity index (χ4n) is 2.06. The average molecular weight is 272 g/mol. The van der Waals surface area contributed by atoms with Crippen LogP contribution in [0.15, 0.2) is 4.79 Å². The van der Waals surface area contributed by atoms with Gasteiger partial charge in [-0.25, -0.2) is 9.97 Å². The number of aromatic amines is 1. The summed E-state index contributed by atoms with van der Waals surface area (Å²) in [5, 5.41) is 11.2. The molecule has 104 valence electrons. The van der Waals surface area contributed by atoms with Crippen molar-refractivity contribution in [3.8, 4) is 0 Å². The van der Waals surface area contributed by atoms with Crippen molar-refractivity contribution in [2.75, 3.05) is 0 Å². The van der Waals surface area contributed by atoms with Crippen molar-refractivity contribution in [3.63, 3.8) is 0 Å². The van der Waals surface area contributed by atoms with Gasteiger partial charge in [0.15, 0.2) is 11.2 Å². The second-order valence-corrected chi connectivity index (χ2v) is 5.97. The molecule has 0 fully saturated rings. The molecule has 0 radical (unpaired) electrons. The first-order valence-corrected chi connectivity index (χ1v) is 6.42. The van der Waals surface area contributed by atoms with Gasteiger partial charge in [0.2, 0.25) is 5.65 Å². The maximum absolute atomic E-state index is 12.5. The minimum atomic E-state index is -0.366. The molecule has 3 heterocycles. The molecule has 0 bridgehead atoms. The maximum atomic E-state index is 12.5. The SMILES string of the molecule is Cc1nc2[nH]n3c(=O)c(C(C)(C)C)nnc3c2nc1C. The highest BCUT2D eigenvalue weighted by Gasteiger charge is 2.23. The molecule has 0 saturated carbocycles. The average Bonchev–Trinajstić information content (AvgIpc) is 2.68. The van der Waals surface area contributed by atoms with Gasteiger partial charge in [-0.15, -0.1) is 10.2 Å². The number of hydrogen-bond donors (Lipinski definition) is 1. The number of aryl methyl sites for hydroxylation is 2. The van der Waals surface area contributed by atoms with Crippen LogP contribution in [0.25, 0.3) is 16.8 Å². The fraction of sp³-hybridized carbons (Fsp3) is 0.462. The lowest BCUT2D eigenvalue weighted by molar-refractivity contribution is 0.542. The first kappa shape index (κ1) is 12.7. The van der Waals surface area contributed by atoms with Gasteiger partial charge in [-0.2, -0.15) is 4.52 Å². The van der Waals surface area contributed by atoms with Gasteiger partial charge < -0.3 is 0 Å². The number of rotatable bonds is 0. The molecule has 7 nitrogen and oxygen atoms in total. The number of fused-ring (bicyclic) bond motifs is 3. The lowest BCUT2D eigenvalue weighted by atomic mass is 9.93. The van der Waals surface area contributed by atoms with Crippen LogP contribution in [0, 0.1) is 13.8 Å². The highest BCUT2D eigenvalue weighted by atomic mass is 16.1. The Morgan fingerprint density at radius 1 is 1.05 bits per heavy atom. The molecule has 0 amide bonds. The molecular weight excluding hydrogens is 256 g/mol. The molecule has 0 aliphatic carbocycles. The number of nitrogens with zero attached hydrogens (tertiary/aromatic N) is 5. The van der Waals surface area contributed by atoms with E-state index in [1.54, 1.807) is 0 Å². The molecule has 0 saturated heterocycles. The predicted octanol–water partition coefficient (Wildman–Crippen LogP) is 1.28. The zero-order chi connectivity index (χ0) is 14.7. The van der Waals surface area contributed by atoms with Crippen LogP contribution in [0.1, 0.15) is 37.9 Å². The molecule has 0 atom stereocenters. The van der Waals surface area contributed by atoms with Crippen molar-refractivity contribution in [2.24, 2.45) is 0 Å². The number of aromatic nitrogens is 6. The molecule has 7 heteroatoms. The molecule has 3 aromatic heterocycles. The van der Waals surface area contributed by atoms with Crippen molar-refractivity contribution in [1.82, 2.24) is 29.8 Å². The topological polar surface area (TPSA) is 88.8 Å². The predicted molar refractivity (Wildman–Crippen MR) is 74.9 cm³/mol. The summed E-state index contributed by atoms with van der Waals surface area (Å²) in [5.41, 5.74) is 2.99. The molecule has 1 N–H and O–H groups in total. The van der Waals surface area contributed by atoms with E-state index >= 15 is 0 Å². The summed E-state index contributed by atoms with van der Waals surface area (Å²) in [7, 11) is 0. The third kappa shape index (κ3) is 1.70. The Labute approximate surface area is 115 Å². The molecule has 20 heavy (non-hydrogen) atoms. The Bertz CT molecular complexity index is 884. The summed E-state index contributed by atoms with van der Waals surface area (Å²) >= 11 is 0. The zero-order valence-corrected chi connectivity index (χ0v) is 12.1. The largest absolute Gasteiger partial charge is 0.295 e. The Hall–Kier alpha value is -2.31. The summed E-state index contributed by atoms with van der Waals surface area (Å²) in [4.78, 5) is 21.3. The van der Waals surface area contributed by atoms with Crippen LogP contribution in [0.3, 0.4) is 0 Å². The van der Waals surface area contributed by atoms with Crippen LogP contribution >= 0.6 is 0 Å². The van der Waals surface area contributed by atoms with E-state index < -0.39 is 0 Å². The van der Waals surface area contributed by atoms with E-state index in [0.29, 0.717) is 22.5 Å². The molecule has 0 aliphatic rings. The van der Waals surface area contributed by atoms with Crippen LogP contribution in [0.4, 0.5) is 0 Å². The first-order chi connectivity index (χ1) is 9.29. The minimum absolute atomic E-state index is 0.211. The fourth-order valence-corrected chi connectivity index (χ4v) is 2.06. The zero-order valence-electron chi connectivity index (χ0n) is 12.1. The Kier molecular flexibility index (Phi) is 2.44. The van der Waals surface area contributed by atoms with E-state index in [0.717, 1.165) is 11.4 Å². The van der Waals surface area contributed by atoms with E-state index in [1.807, 2.05) is 34.6 Å². The summed E-state index contributed by atoms with van der Waals surface area (Å²) in [6.07, 6.45) is 0. The Morgan fingerprint density at radius 2 is 1.70 bits per heavy atom. The van der Waals surface area contributed by atoms with E-state index in [9.17, 15) is 4.79 Å². The van der Waals surface area contributed by atoms with Gasteiger partial charge in [0.25, 0.3) is 5.56 Å². The molecule has 0 unspecified atom stereocenters. The lowest BCUT2D eigenvalue weighted by Crippen LogP contribution is -2.30. The summed E-state index contributed by atoms with van der Waals surface area (Å²) in [5.74, 6) is 0. The van der Waals surface area contributed by atoms with Crippen LogP contribution in [-0.4, -0.2) is 29.8 Å². The van der Waals surface area contributed by atoms with E-state index in [2.05, 4.69) is 25.3 Å². The van der Waals surface area contributed by atoms with Gasteiger partial charge in [-0.3, -0.25) is 9.89 Å². The Morgan fingerprint density at radius 3 is 2.35 bits per heavy atom. The molecule has 0 spiro atoms. The molecule has 0 aromatic carbocycles. The smallest absolute Gasteiger partial charge is 0.271 e. The summed E-state index contributed by atoms with van der Waals surface area (Å²) in [6, 6.07) is 0. The van der Waals surface area contributed by atoms with Crippen LogP contribution in [0.2, 0.25) is 0 Å². The van der Waals surface area contributed by atoms with Gasteiger partial charge in [0.05, 0.1) is 11.4 Å². The first-order valence-electron chi connectivity index (χ1n) is 6.42. The minimum Gasteiger partial charge on any atom is -0.271 e. The second kappa shape index (κ2) is 3.84. The molecule has 0 aliphatic heterocycles. The van der Waals surface area contributed by atoms with Crippen molar-refractivity contribution in [3.05, 3.63) is 27.4 Å². The van der Waals surface area contributed by atoms with E-state index in [4.69, 9.17) is 0 Å². The molecule has 3 aromatic rings. The van der Waals surface area contributed by atoms with E-state index in [1.165, 1.54) is 4.52 Å². The number of nitrogens with one attached hydrogen (secondary N) is 1. The van der Waals surface area contributed by atoms with Crippen molar-refractivity contribution < 1.29 is 0 Å². The van der Waals surface area contributed by atoms with Crippen LogP contribution in [-0.2, 0) is 5.41 Å². The number of hydrogen-bond acceptors (Lipinski definition) is 5. The molecule has 3 rings (SSSR count).